The predicted octanol–water partition coefficient (Wildman–Crippen LogP) is 3.96. The summed E-state index contributed by atoms with van der Waals surface area (Å²) >= 11 is 3.69. The molecule has 0 radical (unpaired) electrons. The van der Waals surface area contributed by atoms with Crippen LogP contribution in [0.3, 0.4) is 0 Å². The van der Waals surface area contributed by atoms with E-state index in [0.29, 0.717) is 6.61 Å². The summed E-state index contributed by atoms with van der Waals surface area (Å²) in [6, 6.07) is 4.65. The zero-order chi connectivity index (χ0) is 15.2. The largest absolute Gasteiger partial charge is 0.383 e. The van der Waals surface area contributed by atoms with Crippen LogP contribution in [0.5, 0.6) is 0 Å². The van der Waals surface area contributed by atoms with E-state index in [4.69, 9.17) is 9.72 Å². The first kappa shape index (κ1) is 16.6. The van der Waals surface area contributed by atoms with Gasteiger partial charge in [-0.1, -0.05) is 13.8 Å². The van der Waals surface area contributed by atoms with Crippen molar-refractivity contribution in [2.45, 2.75) is 39.7 Å². The normalized spacial score (nSPS) is 12.8. The lowest BCUT2D eigenvalue weighted by atomic mass is 10.2. The van der Waals surface area contributed by atoms with Gasteiger partial charge in [-0.25, -0.2) is 4.98 Å². The Kier molecular flexibility index (Phi) is 6.36. The van der Waals surface area contributed by atoms with Crippen molar-refractivity contribution >= 4 is 22.7 Å². The number of rotatable bonds is 8. The maximum absolute atomic E-state index is 5.16. The Balaban J connectivity index is 2.25. The third kappa shape index (κ3) is 4.13. The molecular formula is C16H24N2OS2. The van der Waals surface area contributed by atoms with Crippen LogP contribution in [-0.4, -0.2) is 25.2 Å². The molecule has 0 aliphatic carbocycles. The molecule has 1 N–H and O–H groups in total. The molecule has 0 saturated heterocycles. The van der Waals surface area contributed by atoms with Gasteiger partial charge in [0.2, 0.25) is 0 Å². The lowest BCUT2D eigenvalue weighted by Crippen LogP contribution is -2.25. The minimum Gasteiger partial charge on any atom is -0.383 e. The predicted molar refractivity (Wildman–Crippen MR) is 91.6 cm³/mol. The summed E-state index contributed by atoms with van der Waals surface area (Å²) in [5.74, 6) is 0. The van der Waals surface area contributed by atoms with Gasteiger partial charge in [-0.2, -0.15) is 0 Å². The van der Waals surface area contributed by atoms with Gasteiger partial charge >= 0.3 is 0 Å². The molecule has 0 spiro atoms. The zero-order valence-corrected chi connectivity index (χ0v) is 14.9. The van der Waals surface area contributed by atoms with E-state index in [2.05, 4.69) is 38.2 Å². The number of nitrogens with one attached hydrogen (secondary N) is 1. The number of aryl methyl sites for hydroxylation is 3. The van der Waals surface area contributed by atoms with Gasteiger partial charge in [-0.15, -0.1) is 22.7 Å². The van der Waals surface area contributed by atoms with Crippen molar-refractivity contribution in [1.29, 1.82) is 0 Å². The number of methoxy groups -OCH3 is 1. The van der Waals surface area contributed by atoms with Gasteiger partial charge < -0.3 is 10.1 Å². The van der Waals surface area contributed by atoms with E-state index in [1.54, 1.807) is 7.11 Å². The molecule has 0 amide bonds. The summed E-state index contributed by atoms with van der Waals surface area (Å²) in [5.41, 5.74) is 1.22. The average Bonchev–Trinajstić information content (AvgIpc) is 3.10. The highest BCUT2D eigenvalue weighted by atomic mass is 32.1. The molecule has 2 rings (SSSR count). The average molecular weight is 325 g/mol. The first-order valence-electron chi connectivity index (χ1n) is 7.46. The molecule has 0 aliphatic heterocycles. The minimum atomic E-state index is 0.189. The number of hydrogen-bond acceptors (Lipinski definition) is 5. The SMILES string of the molecule is CCc1ccc(C(NCCOC)c2nc(CC)c(C)s2)s1. The Morgan fingerprint density at radius 3 is 2.62 bits per heavy atom. The molecule has 116 valence electrons. The Morgan fingerprint density at radius 1 is 1.24 bits per heavy atom. The standard InChI is InChI=1S/C16H24N2OS2/c1-5-12-7-8-14(21-12)15(17-9-10-19-4)16-18-13(6-2)11(3)20-16/h7-8,15,17H,5-6,9-10H2,1-4H3. The van der Waals surface area contributed by atoms with E-state index < -0.39 is 0 Å². The van der Waals surface area contributed by atoms with Gasteiger partial charge in [-0.05, 0) is 31.9 Å². The van der Waals surface area contributed by atoms with Crippen LogP contribution in [0.2, 0.25) is 0 Å². The van der Waals surface area contributed by atoms with E-state index in [-0.39, 0.29) is 6.04 Å². The number of aromatic nitrogens is 1. The molecule has 0 bridgehead atoms. The highest BCUT2D eigenvalue weighted by Gasteiger charge is 2.20. The zero-order valence-electron chi connectivity index (χ0n) is 13.2. The molecule has 1 atom stereocenters. The Morgan fingerprint density at radius 2 is 2.05 bits per heavy atom. The third-order valence-corrected chi connectivity index (χ3v) is 5.83. The second-order valence-electron chi connectivity index (χ2n) is 4.95. The molecule has 21 heavy (non-hydrogen) atoms. The molecule has 2 aromatic rings. The molecule has 0 aliphatic rings. The van der Waals surface area contributed by atoms with Crippen LogP contribution in [0.1, 0.15) is 45.2 Å². The summed E-state index contributed by atoms with van der Waals surface area (Å²) in [4.78, 5) is 8.94. The quantitative estimate of drug-likeness (QED) is 0.746. The van der Waals surface area contributed by atoms with Crippen LogP contribution >= 0.6 is 22.7 Å². The van der Waals surface area contributed by atoms with Crippen molar-refractivity contribution in [2.24, 2.45) is 0 Å². The topological polar surface area (TPSA) is 34.1 Å². The van der Waals surface area contributed by atoms with Crippen molar-refractivity contribution in [3.05, 3.63) is 37.5 Å². The van der Waals surface area contributed by atoms with Gasteiger partial charge in [0.1, 0.15) is 5.01 Å². The Bertz CT molecular complexity index is 562. The minimum absolute atomic E-state index is 0.189. The summed E-state index contributed by atoms with van der Waals surface area (Å²) < 4.78 is 5.16. The fourth-order valence-electron chi connectivity index (χ4n) is 2.26. The Hall–Kier alpha value is -0.750. The number of thiazole rings is 1. The molecule has 2 aromatic heterocycles. The van der Waals surface area contributed by atoms with E-state index >= 15 is 0 Å². The highest BCUT2D eigenvalue weighted by molar-refractivity contribution is 7.13. The molecule has 0 aromatic carbocycles. The first-order chi connectivity index (χ1) is 10.2. The molecule has 1 unspecified atom stereocenters. The molecule has 0 saturated carbocycles. The van der Waals surface area contributed by atoms with Crippen LogP contribution < -0.4 is 5.32 Å². The molecular weight excluding hydrogens is 300 g/mol. The summed E-state index contributed by atoms with van der Waals surface area (Å²) in [7, 11) is 1.74. The van der Waals surface area contributed by atoms with E-state index in [1.807, 2.05) is 22.7 Å². The van der Waals surface area contributed by atoms with Gasteiger partial charge in [-0.3, -0.25) is 0 Å². The lowest BCUT2D eigenvalue weighted by molar-refractivity contribution is 0.197. The maximum atomic E-state index is 5.16. The van der Waals surface area contributed by atoms with Crippen molar-refractivity contribution in [2.75, 3.05) is 20.3 Å². The number of nitrogens with zero attached hydrogens (tertiary/aromatic N) is 1. The van der Waals surface area contributed by atoms with Crippen molar-refractivity contribution in [3.8, 4) is 0 Å². The van der Waals surface area contributed by atoms with Crippen molar-refractivity contribution in [1.82, 2.24) is 10.3 Å². The van der Waals surface area contributed by atoms with Crippen molar-refractivity contribution < 1.29 is 4.74 Å². The van der Waals surface area contributed by atoms with Crippen LogP contribution in [0.15, 0.2) is 12.1 Å². The van der Waals surface area contributed by atoms with Gasteiger partial charge in [0.15, 0.2) is 0 Å². The van der Waals surface area contributed by atoms with Crippen LogP contribution in [0, 0.1) is 6.92 Å². The molecule has 0 fully saturated rings. The van der Waals surface area contributed by atoms with Gasteiger partial charge in [0.05, 0.1) is 18.3 Å². The monoisotopic (exact) mass is 324 g/mol. The fourth-order valence-corrected chi connectivity index (χ4v) is 4.47. The number of ether oxygens (including phenoxy) is 1. The second-order valence-corrected chi connectivity index (χ2v) is 7.38. The number of hydrogen-bond donors (Lipinski definition) is 1. The first-order valence-corrected chi connectivity index (χ1v) is 9.10. The Labute approximate surface area is 135 Å². The van der Waals surface area contributed by atoms with E-state index in [1.165, 1.54) is 25.3 Å². The summed E-state index contributed by atoms with van der Waals surface area (Å²) in [5, 5.41) is 4.76. The lowest BCUT2D eigenvalue weighted by Gasteiger charge is -2.14. The molecule has 5 heteroatoms. The maximum Gasteiger partial charge on any atom is 0.115 e. The molecule has 2 heterocycles. The second kappa shape index (κ2) is 8.03. The highest BCUT2D eigenvalue weighted by Crippen LogP contribution is 2.32. The van der Waals surface area contributed by atoms with Crippen molar-refractivity contribution in [3.63, 3.8) is 0 Å². The van der Waals surface area contributed by atoms with E-state index in [0.717, 1.165) is 19.4 Å². The van der Waals surface area contributed by atoms with Crippen LogP contribution in [0.25, 0.3) is 0 Å². The third-order valence-electron chi connectivity index (χ3n) is 3.46. The van der Waals surface area contributed by atoms with E-state index in [9.17, 15) is 0 Å². The summed E-state index contributed by atoms with van der Waals surface area (Å²) in [6.45, 7) is 8.08. The summed E-state index contributed by atoms with van der Waals surface area (Å²) in [6.07, 6.45) is 2.09. The van der Waals surface area contributed by atoms with Crippen LogP contribution in [0.4, 0.5) is 0 Å². The van der Waals surface area contributed by atoms with Crippen LogP contribution in [-0.2, 0) is 17.6 Å². The fraction of sp³-hybridized carbons (Fsp3) is 0.562. The van der Waals surface area contributed by atoms with Gasteiger partial charge in [0.25, 0.3) is 0 Å². The molecule has 3 nitrogen and oxygen atoms in total. The smallest absolute Gasteiger partial charge is 0.115 e. The van der Waals surface area contributed by atoms with Gasteiger partial charge in [0, 0.05) is 28.3 Å². The number of thiophene rings is 1.